The summed E-state index contributed by atoms with van der Waals surface area (Å²) in [5, 5.41) is 3.04. The fraction of sp³-hybridized carbons (Fsp3) is 0.957. The lowest BCUT2D eigenvalue weighted by Crippen LogP contribution is -2.37. The standard InChI is InChI=1S/C23H48N2OS/c1-5-6-7-8-9-10-11-12-13-14-15-16-21-27-22-18-23(26)24-19-17-20-25(2,3)4/h5-22H2,1-4H3/p+1. The molecule has 3 nitrogen and oxygen atoms in total. The lowest BCUT2D eigenvalue weighted by molar-refractivity contribution is -0.870. The Morgan fingerprint density at radius 1 is 0.741 bits per heavy atom. The van der Waals surface area contributed by atoms with Gasteiger partial charge in [0.2, 0.25) is 5.91 Å². The normalized spacial score (nSPS) is 11.7. The molecule has 0 saturated carbocycles. The zero-order valence-electron chi connectivity index (χ0n) is 19.0. The van der Waals surface area contributed by atoms with E-state index in [2.05, 4.69) is 33.4 Å². The maximum absolute atomic E-state index is 11.8. The predicted octanol–water partition coefficient (Wildman–Crippen LogP) is 6.02. The van der Waals surface area contributed by atoms with Crippen LogP contribution >= 0.6 is 11.8 Å². The molecule has 1 amide bonds. The SMILES string of the molecule is CCCCCCCCCCCCCCSCCC(=O)NCCC[N+](C)(C)C. The van der Waals surface area contributed by atoms with Crippen molar-refractivity contribution in [3.05, 3.63) is 0 Å². The van der Waals surface area contributed by atoms with E-state index in [1.54, 1.807) is 0 Å². The average Bonchev–Trinajstić information content (AvgIpc) is 2.61. The molecule has 0 aromatic heterocycles. The molecule has 0 aliphatic rings. The molecular formula is C23H49N2OS+. The number of nitrogens with one attached hydrogen (secondary N) is 1. The molecular weight excluding hydrogens is 352 g/mol. The highest BCUT2D eigenvalue weighted by atomic mass is 32.2. The Hall–Kier alpha value is -0.220. The molecule has 27 heavy (non-hydrogen) atoms. The summed E-state index contributed by atoms with van der Waals surface area (Å²) in [6, 6.07) is 0. The van der Waals surface area contributed by atoms with Crippen molar-refractivity contribution in [1.29, 1.82) is 0 Å². The second-order valence-corrected chi connectivity index (χ2v) is 10.2. The van der Waals surface area contributed by atoms with Crippen LogP contribution in [0.4, 0.5) is 0 Å². The minimum Gasteiger partial charge on any atom is -0.356 e. The molecule has 162 valence electrons. The number of rotatable bonds is 20. The van der Waals surface area contributed by atoms with Crippen molar-refractivity contribution >= 4 is 17.7 Å². The largest absolute Gasteiger partial charge is 0.356 e. The Bertz CT molecular complexity index is 329. The van der Waals surface area contributed by atoms with Gasteiger partial charge >= 0.3 is 0 Å². The molecule has 0 aromatic rings. The topological polar surface area (TPSA) is 29.1 Å². The molecule has 0 aliphatic carbocycles. The molecule has 0 saturated heterocycles. The summed E-state index contributed by atoms with van der Waals surface area (Å²) >= 11 is 1.94. The highest BCUT2D eigenvalue weighted by Crippen LogP contribution is 2.13. The zero-order valence-corrected chi connectivity index (χ0v) is 19.8. The van der Waals surface area contributed by atoms with E-state index in [4.69, 9.17) is 0 Å². The van der Waals surface area contributed by atoms with Gasteiger partial charge in [-0.15, -0.1) is 0 Å². The molecule has 0 atom stereocenters. The highest BCUT2D eigenvalue weighted by molar-refractivity contribution is 7.99. The van der Waals surface area contributed by atoms with Crippen molar-refractivity contribution in [2.45, 2.75) is 96.8 Å². The van der Waals surface area contributed by atoms with Gasteiger partial charge in [-0.05, 0) is 12.2 Å². The van der Waals surface area contributed by atoms with Crippen LogP contribution < -0.4 is 5.32 Å². The number of carbonyl (C=O) groups is 1. The summed E-state index contributed by atoms with van der Waals surface area (Å²) in [6.07, 6.45) is 18.6. The number of amides is 1. The minimum atomic E-state index is 0.221. The number of carbonyl (C=O) groups excluding carboxylic acids is 1. The fourth-order valence-corrected chi connectivity index (χ4v) is 4.12. The fourth-order valence-electron chi connectivity index (χ4n) is 3.18. The number of quaternary nitrogens is 1. The van der Waals surface area contributed by atoms with Gasteiger partial charge in [-0.3, -0.25) is 4.79 Å². The van der Waals surface area contributed by atoms with E-state index in [1.165, 1.54) is 82.8 Å². The Morgan fingerprint density at radius 2 is 1.26 bits per heavy atom. The second kappa shape index (κ2) is 19.1. The number of thioether (sulfide) groups is 1. The van der Waals surface area contributed by atoms with E-state index in [0.29, 0.717) is 6.42 Å². The smallest absolute Gasteiger partial charge is 0.220 e. The first-order chi connectivity index (χ1) is 13.0. The lowest BCUT2D eigenvalue weighted by atomic mass is 10.1. The van der Waals surface area contributed by atoms with Crippen LogP contribution in [0.1, 0.15) is 96.8 Å². The molecule has 0 unspecified atom stereocenters. The number of unbranched alkanes of at least 4 members (excludes halogenated alkanes) is 11. The summed E-state index contributed by atoms with van der Waals surface area (Å²) in [6.45, 7) is 4.20. The summed E-state index contributed by atoms with van der Waals surface area (Å²) in [4.78, 5) is 11.8. The Labute approximate surface area is 175 Å². The van der Waals surface area contributed by atoms with Crippen molar-refractivity contribution < 1.29 is 9.28 Å². The van der Waals surface area contributed by atoms with Gasteiger partial charge in [0.1, 0.15) is 0 Å². The maximum atomic E-state index is 11.8. The summed E-state index contributed by atoms with van der Waals surface area (Å²) in [5.74, 6) is 2.41. The van der Waals surface area contributed by atoms with Gasteiger partial charge in [-0.25, -0.2) is 0 Å². The molecule has 0 fully saturated rings. The van der Waals surface area contributed by atoms with E-state index in [-0.39, 0.29) is 5.91 Å². The third-order valence-electron chi connectivity index (χ3n) is 4.94. The summed E-state index contributed by atoms with van der Waals surface area (Å²) in [7, 11) is 6.57. The number of hydrogen-bond acceptors (Lipinski definition) is 2. The van der Waals surface area contributed by atoms with Gasteiger partial charge in [-0.1, -0.05) is 77.6 Å². The molecule has 0 radical (unpaired) electrons. The van der Waals surface area contributed by atoms with Gasteiger partial charge in [0.15, 0.2) is 0 Å². The van der Waals surface area contributed by atoms with E-state index in [0.717, 1.165) is 29.7 Å². The van der Waals surface area contributed by atoms with E-state index < -0.39 is 0 Å². The monoisotopic (exact) mass is 401 g/mol. The van der Waals surface area contributed by atoms with Gasteiger partial charge in [0, 0.05) is 25.1 Å². The Kier molecular flexibility index (Phi) is 19.0. The predicted molar refractivity (Wildman–Crippen MR) is 124 cm³/mol. The van der Waals surface area contributed by atoms with Crippen LogP contribution in [0.25, 0.3) is 0 Å². The van der Waals surface area contributed by atoms with Crippen LogP contribution in [0.3, 0.4) is 0 Å². The van der Waals surface area contributed by atoms with Gasteiger partial charge < -0.3 is 9.80 Å². The van der Waals surface area contributed by atoms with Crippen molar-refractivity contribution in [3.63, 3.8) is 0 Å². The van der Waals surface area contributed by atoms with Crippen LogP contribution in [0.2, 0.25) is 0 Å². The van der Waals surface area contributed by atoms with E-state index in [9.17, 15) is 4.79 Å². The minimum absolute atomic E-state index is 0.221. The molecule has 0 rings (SSSR count). The van der Waals surface area contributed by atoms with Gasteiger partial charge in [0.05, 0.1) is 27.7 Å². The van der Waals surface area contributed by atoms with Crippen LogP contribution in [-0.4, -0.2) is 56.1 Å². The third-order valence-corrected chi connectivity index (χ3v) is 6.01. The van der Waals surface area contributed by atoms with Crippen molar-refractivity contribution in [2.24, 2.45) is 0 Å². The van der Waals surface area contributed by atoms with Crippen LogP contribution in [-0.2, 0) is 4.79 Å². The second-order valence-electron chi connectivity index (χ2n) is 8.97. The van der Waals surface area contributed by atoms with Crippen LogP contribution in [0.5, 0.6) is 0 Å². The van der Waals surface area contributed by atoms with Gasteiger partial charge in [0.25, 0.3) is 0 Å². The number of nitrogens with zero attached hydrogens (tertiary/aromatic N) is 1. The molecule has 0 aliphatic heterocycles. The first-order valence-electron chi connectivity index (χ1n) is 11.6. The lowest BCUT2D eigenvalue weighted by Gasteiger charge is -2.23. The van der Waals surface area contributed by atoms with Crippen LogP contribution in [0.15, 0.2) is 0 Å². The van der Waals surface area contributed by atoms with Crippen molar-refractivity contribution in [2.75, 3.05) is 45.7 Å². The molecule has 0 heterocycles. The first kappa shape index (κ1) is 26.8. The van der Waals surface area contributed by atoms with E-state index in [1.807, 2.05) is 11.8 Å². The highest BCUT2D eigenvalue weighted by Gasteiger charge is 2.06. The Balaban J connectivity index is 3.17. The maximum Gasteiger partial charge on any atom is 0.220 e. The Morgan fingerprint density at radius 3 is 1.78 bits per heavy atom. The molecule has 4 heteroatoms. The van der Waals surface area contributed by atoms with Crippen molar-refractivity contribution in [3.8, 4) is 0 Å². The van der Waals surface area contributed by atoms with Crippen LogP contribution in [0, 0.1) is 0 Å². The molecule has 1 N–H and O–H groups in total. The third kappa shape index (κ3) is 23.7. The van der Waals surface area contributed by atoms with Crippen molar-refractivity contribution in [1.82, 2.24) is 5.32 Å². The summed E-state index contributed by atoms with van der Waals surface area (Å²) < 4.78 is 0.963. The first-order valence-corrected chi connectivity index (χ1v) is 12.8. The number of hydrogen-bond donors (Lipinski definition) is 1. The molecule has 0 aromatic carbocycles. The zero-order chi connectivity index (χ0) is 20.2. The quantitative estimate of drug-likeness (QED) is 0.199. The average molecular weight is 402 g/mol. The summed E-state index contributed by atoms with van der Waals surface area (Å²) in [5.41, 5.74) is 0. The van der Waals surface area contributed by atoms with E-state index >= 15 is 0 Å². The van der Waals surface area contributed by atoms with Gasteiger partial charge in [-0.2, -0.15) is 11.8 Å². The molecule has 0 spiro atoms. The molecule has 0 bridgehead atoms.